The number of carbonyl (C=O) groups is 1. The van der Waals surface area contributed by atoms with E-state index in [0.29, 0.717) is 6.04 Å². The lowest BCUT2D eigenvalue weighted by Crippen LogP contribution is -2.40. The smallest absolute Gasteiger partial charge is 0.308 e. The third-order valence-electron chi connectivity index (χ3n) is 2.99. The summed E-state index contributed by atoms with van der Waals surface area (Å²) in [5.41, 5.74) is 7.49. The molecule has 4 heteroatoms. The zero-order chi connectivity index (χ0) is 11.5. The molecule has 0 spiro atoms. The maximum Gasteiger partial charge on any atom is 0.308 e. The second-order valence-corrected chi connectivity index (χ2v) is 4.12. The number of esters is 1. The number of nitrogens with one attached hydrogen (secondary N) is 1. The molecule has 16 heavy (non-hydrogen) atoms. The van der Waals surface area contributed by atoms with Crippen LogP contribution in [-0.2, 0) is 9.53 Å². The first-order valence-electron chi connectivity index (χ1n) is 5.39. The molecule has 1 saturated carbocycles. The fourth-order valence-corrected chi connectivity index (χ4v) is 1.94. The molecular weight excluding hydrogens is 204 g/mol. The van der Waals surface area contributed by atoms with Crippen LogP contribution in [0.3, 0.4) is 0 Å². The maximum atomic E-state index is 11.2. The van der Waals surface area contributed by atoms with Crippen LogP contribution in [0, 0.1) is 5.92 Å². The molecule has 1 aromatic carbocycles. The zero-order valence-electron chi connectivity index (χ0n) is 9.27. The highest BCUT2D eigenvalue weighted by Crippen LogP contribution is 2.32. The van der Waals surface area contributed by atoms with E-state index in [0.717, 1.165) is 24.2 Å². The summed E-state index contributed by atoms with van der Waals surface area (Å²) >= 11 is 0. The Morgan fingerprint density at radius 1 is 1.44 bits per heavy atom. The van der Waals surface area contributed by atoms with Crippen molar-refractivity contribution in [3.05, 3.63) is 24.3 Å². The third kappa shape index (κ3) is 2.10. The molecule has 3 N–H and O–H groups in total. The number of carbonyl (C=O) groups excluding carboxylic acids is 1. The Bertz CT molecular complexity index is 386. The molecule has 86 valence electrons. The predicted octanol–water partition coefficient (Wildman–Crippen LogP) is 1.63. The summed E-state index contributed by atoms with van der Waals surface area (Å²) < 4.78 is 4.68. The van der Waals surface area contributed by atoms with Crippen molar-refractivity contribution in [2.75, 3.05) is 18.2 Å². The van der Waals surface area contributed by atoms with Gasteiger partial charge in [-0.1, -0.05) is 12.1 Å². The fraction of sp³-hybridized carbons (Fsp3) is 0.417. The Labute approximate surface area is 94.8 Å². The maximum absolute atomic E-state index is 11.2. The molecular formula is C12H16N2O2. The molecule has 1 aromatic rings. The van der Waals surface area contributed by atoms with Gasteiger partial charge in [-0.2, -0.15) is 0 Å². The van der Waals surface area contributed by atoms with Crippen LogP contribution in [0.15, 0.2) is 24.3 Å². The van der Waals surface area contributed by atoms with Crippen LogP contribution in [0.4, 0.5) is 11.4 Å². The molecule has 0 atom stereocenters. The van der Waals surface area contributed by atoms with Gasteiger partial charge in [0.25, 0.3) is 0 Å². The first-order chi connectivity index (χ1) is 7.70. The summed E-state index contributed by atoms with van der Waals surface area (Å²) in [4.78, 5) is 11.2. The standard InChI is InChI=1S/C12H16N2O2/c1-16-12(15)8-6-9(7-8)14-11-5-3-2-4-10(11)13/h2-5,8-9,14H,6-7,13H2,1H3. The van der Waals surface area contributed by atoms with E-state index in [1.165, 1.54) is 7.11 Å². The van der Waals surface area contributed by atoms with Gasteiger partial charge in [-0.05, 0) is 25.0 Å². The van der Waals surface area contributed by atoms with Crippen molar-refractivity contribution in [1.29, 1.82) is 0 Å². The van der Waals surface area contributed by atoms with Crippen molar-refractivity contribution >= 4 is 17.3 Å². The average molecular weight is 220 g/mol. The number of anilines is 2. The molecule has 0 aliphatic heterocycles. The number of hydrogen-bond donors (Lipinski definition) is 2. The zero-order valence-corrected chi connectivity index (χ0v) is 9.27. The minimum Gasteiger partial charge on any atom is -0.469 e. The van der Waals surface area contributed by atoms with Gasteiger partial charge < -0.3 is 15.8 Å². The fourth-order valence-electron chi connectivity index (χ4n) is 1.94. The Balaban J connectivity index is 1.86. The molecule has 2 rings (SSSR count). The van der Waals surface area contributed by atoms with Gasteiger partial charge in [0, 0.05) is 6.04 Å². The third-order valence-corrected chi connectivity index (χ3v) is 2.99. The molecule has 0 bridgehead atoms. The van der Waals surface area contributed by atoms with Crippen molar-refractivity contribution in [1.82, 2.24) is 0 Å². The van der Waals surface area contributed by atoms with Gasteiger partial charge in [-0.15, -0.1) is 0 Å². The minimum absolute atomic E-state index is 0.0486. The minimum atomic E-state index is -0.112. The number of ether oxygens (including phenoxy) is 1. The van der Waals surface area contributed by atoms with E-state index >= 15 is 0 Å². The topological polar surface area (TPSA) is 64.3 Å². The van der Waals surface area contributed by atoms with Crippen LogP contribution in [0.2, 0.25) is 0 Å². The molecule has 1 aliphatic rings. The molecule has 1 aliphatic carbocycles. The van der Waals surface area contributed by atoms with Crippen LogP contribution in [0.1, 0.15) is 12.8 Å². The molecule has 0 saturated heterocycles. The summed E-state index contributed by atoms with van der Waals surface area (Å²) in [7, 11) is 1.43. The van der Waals surface area contributed by atoms with E-state index in [2.05, 4.69) is 10.1 Å². The van der Waals surface area contributed by atoms with Gasteiger partial charge in [-0.3, -0.25) is 4.79 Å². The summed E-state index contributed by atoms with van der Waals surface area (Å²) in [6.07, 6.45) is 1.64. The number of rotatable bonds is 3. The van der Waals surface area contributed by atoms with Crippen LogP contribution < -0.4 is 11.1 Å². The molecule has 0 amide bonds. The summed E-state index contributed by atoms with van der Waals surface area (Å²) in [6, 6.07) is 7.97. The van der Waals surface area contributed by atoms with E-state index < -0.39 is 0 Å². The number of methoxy groups -OCH3 is 1. The molecule has 1 fully saturated rings. The highest BCUT2D eigenvalue weighted by Gasteiger charge is 2.35. The molecule has 0 aromatic heterocycles. The van der Waals surface area contributed by atoms with Gasteiger partial charge in [0.05, 0.1) is 24.4 Å². The Morgan fingerprint density at radius 3 is 2.75 bits per heavy atom. The number of nitrogen functional groups attached to an aromatic ring is 1. The van der Waals surface area contributed by atoms with E-state index in [-0.39, 0.29) is 11.9 Å². The monoisotopic (exact) mass is 220 g/mol. The summed E-state index contributed by atoms with van der Waals surface area (Å²) in [5, 5.41) is 3.32. The highest BCUT2D eigenvalue weighted by atomic mass is 16.5. The van der Waals surface area contributed by atoms with E-state index in [4.69, 9.17) is 5.73 Å². The van der Waals surface area contributed by atoms with Crippen LogP contribution in [-0.4, -0.2) is 19.1 Å². The molecule has 4 nitrogen and oxygen atoms in total. The van der Waals surface area contributed by atoms with E-state index in [1.807, 2.05) is 24.3 Å². The lowest BCUT2D eigenvalue weighted by atomic mass is 9.80. The molecule has 0 radical (unpaired) electrons. The largest absolute Gasteiger partial charge is 0.469 e. The Hall–Kier alpha value is -1.71. The van der Waals surface area contributed by atoms with Crippen molar-refractivity contribution in [2.45, 2.75) is 18.9 Å². The van der Waals surface area contributed by atoms with Crippen molar-refractivity contribution in [2.24, 2.45) is 5.92 Å². The van der Waals surface area contributed by atoms with Gasteiger partial charge in [0.2, 0.25) is 0 Å². The average Bonchev–Trinajstić information content (AvgIpc) is 2.24. The van der Waals surface area contributed by atoms with Crippen molar-refractivity contribution in [3.63, 3.8) is 0 Å². The van der Waals surface area contributed by atoms with Crippen LogP contribution >= 0.6 is 0 Å². The lowest BCUT2D eigenvalue weighted by molar-refractivity contribution is -0.148. The first kappa shape index (κ1) is 10.8. The second-order valence-electron chi connectivity index (χ2n) is 4.12. The number of benzene rings is 1. The van der Waals surface area contributed by atoms with Crippen LogP contribution in [0.5, 0.6) is 0 Å². The lowest BCUT2D eigenvalue weighted by Gasteiger charge is -2.34. The van der Waals surface area contributed by atoms with Crippen LogP contribution in [0.25, 0.3) is 0 Å². The van der Waals surface area contributed by atoms with Gasteiger partial charge >= 0.3 is 5.97 Å². The highest BCUT2D eigenvalue weighted by molar-refractivity contribution is 5.74. The quantitative estimate of drug-likeness (QED) is 0.600. The SMILES string of the molecule is COC(=O)C1CC(Nc2ccccc2N)C1. The summed E-state index contributed by atoms with van der Waals surface area (Å²) in [6.45, 7) is 0. The van der Waals surface area contributed by atoms with Gasteiger partial charge in [0.15, 0.2) is 0 Å². The predicted molar refractivity (Wildman–Crippen MR) is 63.0 cm³/mol. The first-order valence-corrected chi connectivity index (χ1v) is 5.39. The Kier molecular flexibility index (Phi) is 2.99. The number of hydrogen-bond acceptors (Lipinski definition) is 4. The second kappa shape index (κ2) is 4.43. The van der Waals surface area contributed by atoms with Gasteiger partial charge in [-0.25, -0.2) is 0 Å². The van der Waals surface area contributed by atoms with E-state index in [1.54, 1.807) is 0 Å². The molecule has 0 unspecified atom stereocenters. The Morgan fingerprint density at radius 2 is 2.12 bits per heavy atom. The van der Waals surface area contributed by atoms with Crippen molar-refractivity contribution in [3.8, 4) is 0 Å². The van der Waals surface area contributed by atoms with Crippen molar-refractivity contribution < 1.29 is 9.53 Å². The van der Waals surface area contributed by atoms with Gasteiger partial charge in [0.1, 0.15) is 0 Å². The summed E-state index contributed by atoms with van der Waals surface area (Å²) in [5.74, 6) is -0.0634. The van der Waals surface area contributed by atoms with E-state index in [9.17, 15) is 4.79 Å². The number of para-hydroxylation sites is 2. The number of nitrogens with two attached hydrogens (primary N) is 1. The molecule has 0 heterocycles. The normalized spacial score (nSPS) is 23.3.